The summed E-state index contributed by atoms with van der Waals surface area (Å²) in [7, 11) is 0. The first kappa shape index (κ1) is 14.9. The number of benzene rings is 2. The summed E-state index contributed by atoms with van der Waals surface area (Å²) in [5.74, 6) is -0.755. The largest absolute Gasteiger partial charge is 0.457 e. The van der Waals surface area contributed by atoms with Gasteiger partial charge in [-0.3, -0.25) is 4.79 Å². The second-order valence-electron chi connectivity index (χ2n) is 4.49. The summed E-state index contributed by atoms with van der Waals surface area (Å²) in [5.41, 5.74) is 5.11. The summed E-state index contributed by atoms with van der Waals surface area (Å²) in [5, 5.41) is 0. The van der Waals surface area contributed by atoms with E-state index >= 15 is 0 Å². The van der Waals surface area contributed by atoms with Crippen molar-refractivity contribution >= 4 is 5.91 Å². The van der Waals surface area contributed by atoms with Gasteiger partial charge in [-0.2, -0.15) is 13.2 Å². The maximum Gasteiger partial charge on any atom is 0.416 e. The van der Waals surface area contributed by atoms with Crippen LogP contribution in [0.1, 0.15) is 21.5 Å². The lowest BCUT2D eigenvalue weighted by Gasteiger charge is -2.13. The molecule has 110 valence electrons. The molecule has 0 aliphatic carbocycles. The van der Waals surface area contributed by atoms with Crippen LogP contribution in [0.25, 0.3) is 0 Å². The molecule has 0 aliphatic heterocycles. The zero-order valence-electron chi connectivity index (χ0n) is 11.1. The minimum atomic E-state index is -4.53. The van der Waals surface area contributed by atoms with Crippen LogP contribution in [0.5, 0.6) is 11.5 Å². The minimum Gasteiger partial charge on any atom is -0.457 e. The molecule has 3 nitrogen and oxygen atoms in total. The maximum absolute atomic E-state index is 12.7. The van der Waals surface area contributed by atoms with Gasteiger partial charge in [-0.1, -0.05) is 17.7 Å². The molecule has 21 heavy (non-hydrogen) atoms. The topological polar surface area (TPSA) is 52.3 Å². The molecule has 0 aliphatic rings. The van der Waals surface area contributed by atoms with Gasteiger partial charge in [-0.05, 0) is 37.3 Å². The minimum absolute atomic E-state index is 0.108. The molecule has 1 amide bonds. The summed E-state index contributed by atoms with van der Waals surface area (Å²) in [6.07, 6.45) is -4.53. The van der Waals surface area contributed by atoms with Crippen molar-refractivity contribution in [3.63, 3.8) is 0 Å². The number of hydrogen-bond acceptors (Lipinski definition) is 2. The molecule has 2 N–H and O–H groups in total. The van der Waals surface area contributed by atoms with Crippen LogP contribution in [0.2, 0.25) is 0 Å². The molecule has 0 saturated carbocycles. The van der Waals surface area contributed by atoms with Crippen molar-refractivity contribution in [3.05, 3.63) is 59.2 Å². The number of carbonyl (C=O) groups excluding carboxylic acids is 1. The first-order chi connectivity index (χ1) is 9.77. The lowest BCUT2D eigenvalue weighted by atomic mass is 10.1. The van der Waals surface area contributed by atoms with Gasteiger partial charge in [0.25, 0.3) is 5.91 Å². The van der Waals surface area contributed by atoms with E-state index in [0.717, 1.165) is 23.8 Å². The number of hydrogen-bond donors (Lipinski definition) is 1. The summed E-state index contributed by atoms with van der Waals surface area (Å²) in [6, 6.07) is 9.25. The van der Waals surface area contributed by atoms with Crippen LogP contribution in [0.3, 0.4) is 0 Å². The van der Waals surface area contributed by atoms with Gasteiger partial charge >= 0.3 is 6.18 Å². The van der Waals surface area contributed by atoms with E-state index in [4.69, 9.17) is 10.5 Å². The van der Waals surface area contributed by atoms with Gasteiger partial charge in [0.05, 0.1) is 11.1 Å². The van der Waals surface area contributed by atoms with Crippen molar-refractivity contribution < 1.29 is 22.7 Å². The van der Waals surface area contributed by atoms with E-state index in [9.17, 15) is 18.0 Å². The third-order valence-corrected chi connectivity index (χ3v) is 2.82. The Kier molecular flexibility index (Phi) is 3.88. The van der Waals surface area contributed by atoms with Gasteiger partial charge in [-0.15, -0.1) is 0 Å². The maximum atomic E-state index is 12.7. The molecule has 6 heteroatoms. The first-order valence-corrected chi connectivity index (χ1v) is 6.03. The van der Waals surface area contributed by atoms with Crippen molar-refractivity contribution in [2.24, 2.45) is 5.73 Å². The predicted octanol–water partition coefficient (Wildman–Crippen LogP) is 3.91. The Balaban J connectivity index is 2.43. The summed E-state index contributed by atoms with van der Waals surface area (Å²) >= 11 is 0. The predicted molar refractivity (Wildman–Crippen MR) is 71.2 cm³/mol. The Bertz CT molecular complexity index is 664. The van der Waals surface area contributed by atoms with E-state index < -0.39 is 17.6 Å². The van der Waals surface area contributed by atoms with Gasteiger partial charge in [0.1, 0.15) is 11.5 Å². The van der Waals surface area contributed by atoms with Gasteiger partial charge in [0.15, 0.2) is 0 Å². The number of aryl methyl sites for hydroxylation is 1. The van der Waals surface area contributed by atoms with Gasteiger partial charge in [0, 0.05) is 0 Å². The number of nitrogens with two attached hydrogens (primary N) is 1. The number of halogens is 3. The fourth-order valence-electron chi connectivity index (χ4n) is 1.72. The molecule has 2 aromatic carbocycles. The fourth-order valence-corrected chi connectivity index (χ4v) is 1.72. The van der Waals surface area contributed by atoms with E-state index in [1.54, 1.807) is 24.3 Å². The van der Waals surface area contributed by atoms with E-state index in [2.05, 4.69) is 0 Å². The Morgan fingerprint density at radius 1 is 1.10 bits per heavy atom. The highest BCUT2D eigenvalue weighted by Crippen LogP contribution is 2.34. The molecular weight excluding hydrogens is 283 g/mol. The summed E-state index contributed by atoms with van der Waals surface area (Å²) in [4.78, 5) is 11.3. The highest BCUT2D eigenvalue weighted by molar-refractivity contribution is 5.95. The number of ether oxygens (including phenoxy) is 1. The standard InChI is InChI=1S/C15H12F3NO2/c1-9-2-5-11(6-3-9)21-13-8-10(15(16,17)18)4-7-12(13)14(19)20/h2-8H,1H3,(H2,19,20). The third kappa shape index (κ3) is 3.53. The van der Waals surface area contributed by atoms with Crippen molar-refractivity contribution in [1.82, 2.24) is 0 Å². The van der Waals surface area contributed by atoms with Crippen molar-refractivity contribution in [3.8, 4) is 11.5 Å². The number of carbonyl (C=O) groups is 1. The van der Waals surface area contributed by atoms with E-state index in [0.29, 0.717) is 5.75 Å². The van der Waals surface area contributed by atoms with Crippen LogP contribution in [-0.2, 0) is 6.18 Å². The zero-order chi connectivity index (χ0) is 15.6. The quantitative estimate of drug-likeness (QED) is 0.933. The molecule has 0 aromatic heterocycles. The van der Waals surface area contributed by atoms with Crippen LogP contribution in [0.4, 0.5) is 13.2 Å². The highest BCUT2D eigenvalue weighted by Gasteiger charge is 2.31. The van der Waals surface area contributed by atoms with Gasteiger partial charge in [0.2, 0.25) is 0 Å². The molecule has 0 saturated heterocycles. The Labute approximate surface area is 119 Å². The Hall–Kier alpha value is -2.50. The molecule has 0 fully saturated rings. The second-order valence-corrected chi connectivity index (χ2v) is 4.49. The Morgan fingerprint density at radius 3 is 2.24 bits per heavy atom. The van der Waals surface area contributed by atoms with Gasteiger partial charge < -0.3 is 10.5 Å². The molecule has 0 atom stereocenters. The first-order valence-electron chi connectivity index (χ1n) is 6.03. The normalized spacial score (nSPS) is 11.2. The average Bonchev–Trinajstić information content (AvgIpc) is 2.40. The number of rotatable bonds is 3. The average molecular weight is 295 g/mol. The van der Waals surface area contributed by atoms with Gasteiger partial charge in [-0.25, -0.2) is 0 Å². The number of alkyl halides is 3. The van der Waals surface area contributed by atoms with Crippen molar-refractivity contribution in [1.29, 1.82) is 0 Å². The molecule has 0 bridgehead atoms. The molecule has 2 aromatic rings. The summed E-state index contributed by atoms with van der Waals surface area (Å²) in [6.45, 7) is 1.86. The van der Waals surface area contributed by atoms with E-state index in [1.165, 1.54) is 0 Å². The molecule has 0 unspecified atom stereocenters. The van der Waals surface area contributed by atoms with Crippen LogP contribution in [0.15, 0.2) is 42.5 Å². The molecular formula is C15H12F3NO2. The van der Waals surface area contributed by atoms with E-state index in [-0.39, 0.29) is 11.3 Å². The zero-order valence-corrected chi connectivity index (χ0v) is 11.1. The second kappa shape index (κ2) is 5.47. The van der Waals surface area contributed by atoms with Crippen LogP contribution in [-0.4, -0.2) is 5.91 Å². The molecule has 0 heterocycles. The van der Waals surface area contributed by atoms with Crippen LogP contribution in [0, 0.1) is 6.92 Å². The molecule has 0 radical (unpaired) electrons. The third-order valence-electron chi connectivity index (χ3n) is 2.82. The lowest BCUT2D eigenvalue weighted by Crippen LogP contribution is -2.14. The van der Waals surface area contributed by atoms with Crippen LogP contribution >= 0.6 is 0 Å². The molecule has 2 rings (SSSR count). The smallest absolute Gasteiger partial charge is 0.416 e. The molecule has 0 spiro atoms. The fraction of sp³-hybridized carbons (Fsp3) is 0.133. The van der Waals surface area contributed by atoms with E-state index in [1.807, 2.05) is 6.92 Å². The van der Waals surface area contributed by atoms with Crippen molar-refractivity contribution in [2.45, 2.75) is 13.1 Å². The monoisotopic (exact) mass is 295 g/mol. The number of amides is 1. The van der Waals surface area contributed by atoms with Crippen molar-refractivity contribution in [2.75, 3.05) is 0 Å². The Morgan fingerprint density at radius 2 is 1.71 bits per heavy atom. The number of primary amides is 1. The van der Waals surface area contributed by atoms with Crippen LogP contribution < -0.4 is 10.5 Å². The highest BCUT2D eigenvalue weighted by atomic mass is 19.4. The lowest BCUT2D eigenvalue weighted by molar-refractivity contribution is -0.137. The SMILES string of the molecule is Cc1ccc(Oc2cc(C(F)(F)F)ccc2C(N)=O)cc1. The summed E-state index contributed by atoms with van der Waals surface area (Å²) < 4.78 is 43.5.